The van der Waals surface area contributed by atoms with Gasteiger partial charge in [0.25, 0.3) is 0 Å². The number of fused-ring (bicyclic) bond motifs is 1. The molecule has 37 heavy (non-hydrogen) atoms. The van der Waals surface area contributed by atoms with Crippen LogP contribution in [0.15, 0.2) is 121 Å². The van der Waals surface area contributed by atoms with Crippen molar-refractivity contribution >= 4 is 49.8 Å². The second kappa shape index (κ2) is 10.8. The Kier molecular flexibility index (Phi) is 7.68. The lowest BCUT2D eigenvalue weighted by atomic mass is 10.3. The quantitative estimate of drug-likeness (QED) is 0.193. The standard InChI is InChI=1S/C26H20N2P.CHF3O3S/c1-4-12-21(13-5-1)29(22-14-6-2-7-15-22,23-16-8-3-9-17-23)26-20-27-24-18-10-11-19-25(24)28-26;2-1(3,4)8(5,6)7/h1-20H;(H,5,6,7)/q+1;/p-1. The molecular formula is C27H20F3N2O3PS. The van der Waals surface area contributed by atoms with E-state index in [2.05, 4.69) is 91.0 Å². The zero-order chi connectivity index (χ0) is 26.5. The van der Waals surface area contributed by atoms with Crippen LogP contribution < -0.4 is 21.3 Å². The van der Waals surface area contributed by atoms with Crippen LogP contribution in [0.25, 0.3) is 11.0 Å². The van der Waals surface area contributed by atoms with Gasteiger partial charge in [0.05, 0.1) is 17.2 Å². The molecule has 10 heteroatoms. The molecule has 0 saturated carbocycles. The number of rotatable bonds is 4. The maximum absolute atomic E-state index is 10.7. The zero-order valence-electron chi connectivity index (χ0n) is 19.2. The molecule has 0 atom stereocenters. The lowest BCUT2D eigenvalue weighted by Crippen LogP contribution is -2.40. The summed E-state index contributed by atoms with van der Waals surface area (Å²) in [5.41, 5.74) is -2.77. The summed E-state index contributed by atoms with van der Waals surface area (Å²) in [7, 11) is -8.27. The van der Waals surface area contributed by atoms with Gasteiger partial charge in [-0.2, -0.15) is 13.2 Å². The summed E-state index contributed by atoms with van der Waals surface area (Å²) in [6, 6.07) is 40.3. The Morgan fingerprint density at radius 1 is 0.622 bits per heavy atom. The number of halogens is 3. The normalized spacial score (nSPS) is 12.0. The van der Waals surface area contributed by atoms with Gasteiger partial charge >= 0.3 is 5.51 Å². The number of alkyl halides is 3. The summed E-state index contributed by atoms with van der Waals surface area (Å²) in [4.78, 5) is 9.95. The summed E-state index contributed by atoms with van der Waals surface area (Å²) in [6.45, 7) is 0. The first kappa shape index (κ1) is 26.4. The van der Waals surface area contributed by atoms with Crippen LogP contribution in [-0.2, 0) is 10.1 Å². The molecule has 5 aromatic rings. The largest absolute Gasteiger partial charge is 0.741 e. The van der Waals surface area contributed by atoms with Crippen LogP contribution in [0.1, 0.15) is 0 Å². The van der Waals surface area contributed by atoms with Crippen molar-refractivity contribution in [2.24, 2.45) is 0 Å². The monoisotopic (exact) mass is 540 g/mol. The molecule has 0 unspecified atom stereocenters. The van der Waals surface area contributed by atoms with Crippen molar-refractivity contribution < 1.29 is 26.1 Å². The molecule has 0 amide bonds. The molecule has 188 valence electrons. The minimum Gasteiger partial charge on any atom is -0.741 e. The maximum Gasteiger partial charge on any atom is 0.485 e. The van der Waals surface area contributed by atoms with E-state index in [1.165, 1.54) is 15.9 Å². The van der Waals surface area contributed by atoms with Gasteiger partial charge in [-0.1, -0.05) is 66.7 Å². The SMILES string of the molecule is O=S(=O)([O-])C(F)(F)F.c1ccc([P+](c2ccccc2)(c2ccccc2)c2cnc3ccccc3n2)cc1. The summed E-state index contributed by atoms with van der Waals surface area (Å²) < 4.78 is 58.9. The molecular weight excluding hydrogens is 520 g/mol. The van der Waals surface area contributed by atoms with E-state index >= 15 is 0 Å². The number of aromatic nitrogens is 2. The predicted octanol–water partition coefficient (Wildman–Crippen LogP) is 4.30. The third-order valence-electron chi connectivity index (χ3n) is 5.49. The Hall–Kier alpha value is -3.65. The molecule has 0 bridgehead atoms. The Morgan fingerprint density at radius 2 is 0.973 bits per heavy atom. The molecule has 1 heterocycles. The van der Waals surface area contributed by atoms with Crippen molar-refractivity contribution in [3.8, 4) is 0 Å². The van der Waals surface area contributed by atoms with E-state index in [4.69, 9.17) is 22.9 Å². The Labute approximate surface area is 212 Å². The number of para-hydroxylation sites is 2. The highest BCUT2D eigenvalue weighted by atomic mass is 32.2. The van der Waals surface area contributed by atoms with Crippen LogP contribution in [0.4, 0.5) is 13.2 Å². The maximum atomic E-state index is 10.7. The smallest absolute Gasteiger partial charge is 0.485 e. The van der Waals surface area contributed by atoms with Crippen molar-refractivity contribution in [1.82, 2.24) is 9.97 Å². The highest BCUT2D eigenvalue weighted by molar-refractivity contribution is 8.01. The second-order valence-electron chi connectivity index (χ2n) is 7.79. The van der Waals surface area contributed by atoms with E-state index in [1.54, 1.807) is 0 Å². The van der Waals surface area contributed by atoms with Gasteiger partial charge in [0.1, 0.15) is 15.9 Å². The van der Waals surface area contributed by atoms with Gasteiger partial charge in [0.2, 0.25) is 5.44 Å². The van der Waals surface area contributed by atoms with E-state index in [1.807, 2.05) is 30.5 Å². The molecule has 4 aromatic carbocycles. The van der Waals surface area contributed by atoms with Crippen molar-refractivity contribution in [2.75, 3.05) is 0 Å². The van der Waals surface area contributed by atoms with Gasteiger partial charge in [-0.25, -0.2) is 18.4 Å². The summed E-state index contributed by atoms with van der Waals surface area (Å²) in [5.74, 6) is 0. The van der Waals surface area contributed by atoms with Crippen molar-refractivity contribution in [3.05, 3.63) is 121 Å². The third kappa shape index (κ3) is 5.54. The van der Waals surface area contributed by atoms with Crippen LogP contribution in [0.2, 0.25) is 0 Å². The molecule has 5 nitrogen and oxygen atoms in total. The van der Waals surface area contributed by atoms with Gasteiger partial charge in [-0.3, -0.25) is 0 Å². The first-order valence-electron chi connectivity index (χ1n) is 10.9. The highest BCUT2D eigenvalue weighted by Gasteiger charge is 2.49. The molecule has 0 spiro atoms. The average Bonchev–Trinajstić information content (AvgIpc) is 2.90. The number of hydrogen-bond donors (Lipinski definition) is 0. The summed E-state index contributed by atoms with van der Waals surface area (Å²) in [5, 5.41) is 3.84. The molecule has 0 aliphatic rings. The van der Waals surface area contributed by atoms with Gasteiger partial charge < -0.3 is 4.55 Å². The van der Waals surface area contributed by atoms with Crippen molar-refractivity contribution in [2.45, 2.75) is 5.51 Å². The lowest BCUT2D eigenvalue weighted by Gasteiger charge is -2.26. The number of hydrogen-bond acceptors (Lipinski definition) is 5. The Bertz CT molecular complexity index is 1490. The van der Waals surface area contributed by atoms with Crippen molar-refractivity contribution in [3.63, 3.8) is 0 Å². The predicted molar refractivity (Wildman–Crippen MR) is 140 cm³/mol. The summed E-state index contributed by atoms with van der Waals surface area (Å²) >= 11 is 0. The van der Waals surface area contributed by atoms with Crippen LogP contribution in [-0.4, -0.2) is 28.4 Å². The van der Waals surface area contributed by atoms with E-state index < -0.39 is 22.9 Å². The third-order valence-corrected chi connectivity index (χ3v) is 10.2. The van der Waals surface area contributed by atoms with Crippen LogP contribution in [0, 0.1) is 0 Å². The van der Waals surface area contributed by atoms with Crippen LogP contribution in [0.3, 0.4) is 0 Å². The molecule has 0 aliphatic heterocycles. The number of benzene rings is 4. The molecule has 0 saturated heterocycles. The first-order chi connectivity index (χ1) is 17.6. The first-order valence-corrected chi connectivity index (χ1v) is 14.1. The average molecular weight is 541 g/mol. The van der Waals surface area contributed by atoms with E-state index in [0.717, 1.165) is 16.5 Å². The van der Waals surface area contributed by atoms with Gasteiger partial charge in [-0.05, 0) is 48.5 Å². The molecule has 0 radical (unpaired) electrons. The molecule has 0 aliphatic carbocycles. The zero-order valence-corrected chi connectivity index (χ0v) is 20.9. The molecule has 0 fully saturated rings. The van der Waals surface area contributed by atoms with E-state index in [9.17, 15) is 13.2 Å². The van der Waals surface area contributed by atoms with Gasteiger partial charge in [-0.15, -0.1) is 0 Å². The highest BCUT2D eigenvalue weighted by Crippen LogP contribution is 2.53. The fraction of sp³-hybridized carbons (Fsp3) is 0.0370. The van der Waals surface area contributed by atoms with E-state index in [-0.39, 0.29) is 0 Å². The van der Waals surface area contributed by atoms with Gasteiger partial charge in [0.15, 0.2) is 17.4 Å². The van der Waals surface area contributed by atoms with Crippen LogP contribution >= 0.6 is 7.26 Å². The molecule has 5 rings (SSSR count). The van der Waals surface area contributed by atoms with Crippen LogP contribution in [0.5, 0.6) is 0 Å². The lowest BCUT2D eigenvalue weighted by molar-refractivity contribution is -0.0517. The topological polar surface area (TPSA) is 83.0 Å². The van der Waals surface area contributed by atoms with Crippen molar-refractivity contribution in [1.29, 1.82) is 0 Å². The minimum absolute atomic E-state index is 0.920. The second-order valence-corrected chi connectivity index (χ2v) is 12.5. The van der Waals surface area contributed by atoms with Gasteiger partial charge in [0, 0.05) is 0 Å². The minimum atomic E-state index is -6.09. The number of nitrogens with zero attached hydrogens (tertiary/aromatic N) is 2. The summed E-state index contributed by atoms with van der Waals surface area (Å²) in [6.07, 6.45) is 1.98. The van der Waals surface area contributed by atoms with E-state index in [0.29, 0.717) is 0 Å². The molecule has 0 N–H and O–H groups in total. The fourth-order valence-corrected chi connectivity index (χ4v) is 7.94. The Balaban J connectivity index is 0.000000349. The Morgan fingerprint density at radius 3 is 1.35 bits per heavy atom. The molecule has 1 aromatic heterocycles. The fourth-order valence-electron chi connectivity index (χ4n) is 3.91.